The van der Waals surface area contributed by atoms with Gasteiger partial charge in [-0.15, -0.1) is 13.2 Å². The van der Waals surface area contributed by atoms with Crippen LogP contribution in [-0.2, 0) is 16.0 Å². The minimum Gasteiger partial charge on any atom is -0.469 e. The third-order valence-corrected chi connectivity index (χ3v) is 2.22. The van der Waals surface area contributed by atoms with Crippen LogP contribution in [0.15, 0.2) is 6.07 Å². The number of nitro groups is 1. The van der Waals surface area contributed by atoms with E-state index < -0.39 is 52.9 Å². The van der Waals surface area contributed by atoms with Crippen molar-refractivity contribution in [3.63, 3.8) is 0 Å². The van der Waals surface area contributed by atoms with Crippen LogP contribution < -0.4 is 4.74 Å². The lowest BCUT2D eigenvalue weighted by molar-refractivity contribution is -0.391. The van der Waals surface area contributed by atoms with Gasteiger partial charge in [-0.05, 0) is 9.91 Å². The number of rotatable bonds is 5. The highest BCUT2D eigenvalue weighted by atomic mass is 19.4. The number of ether oxygens (including phenoxy) is 2. The van der Waals surface area contributed by atoms with E-state index in [1.165, 1.54) is 0 Å². The summed E-state index contributed by atoms with van der Waals surface area (Å²) < 4.78 is 69.9. The molecule has 122 valence electrons. The van der Waals surface area contributed by atoms with Crippen LogP contribution in [0.25, 0.3) is 0 Å². The fraction of sp³-hybridized carbons (Fsp3) is 0.400. The molecule has 1 rings (SSSR count). The quantitative estimate of drug-likeness (QED) is 0.357. The summed E-state index contributed by atoms with van der Waals surface area (Å²) in [5.41, 5.74) is -2.21. The summed E-state index contributed by atoms with van der Waals surface area (Å²) in [7, 11) is 0.956. The number of aromatic nitrogens is 1. The van der Waals surface area contributed by atoms with Gasteiger partial charge in [0.05, 0.1) is 7.11 Å². The first-order valence-electron chi connectivity index (χ1n) is 5.34. The normalized spacial score (nSPS) is 11.4. The van der Waals surface area contributed by atoms with E-state index >= 15 is 0 Å². The number of esters is 1. The highest BCUT2D eigenvalue weighted by Crippen LogP contribution is 2.38. The molecule has 0 N–H and O–H groups in total. The lowest BCUT2D eigenvalue weighted by atomic mass is 10.2. The van der Waals surface area contributed by atoms with E-state index in [0.717, 1.165) is 7.11 Å². The van der Waals surface area contributed by atoms with Gasteiger partial charge in [-0.1, -0.05) is 0 Å². The van der Waals surface area contributed by atoms with Crippen LogP contribution in [0.4, 0.5) is 27.8 Å². The lowest BCUT2D eigenvalue weighted by Gasteiger charge is -2.13. The monoisotopic (exact) mass is 330 g/mol. The Balaban J connectivity index is 3.47. The molecule has 0 saturated carbocycles. The topological polar surface area (TPSA) is 91.6 Å². The lowest BCUT2D eigenvalue weighted by Crippen LogP contribution is -2.20. The maximum Gasteiger partial charge on any atom is 0.573 e. The number of pyridine rings is 1. The molecule has 0 aliphatic rings. The van der Waals surface area contributed by atoms with Crippen molar-refractivity contribution in [2.75, 3.05) is 7.11 Å². The van der Waals surface area contributed by atoms with Gasteiger partial charge in [0.25, 0.3) is 6.43 Å². The zero-order chi connectivity index (χ0) is 17.1. The molecule has 1 aromatic rings. The van der Waals surface area contributed by atoms with Gasteiger partial charge in [0.15, 0.2) is 17.0 Å². The Bertz CT molecular complexity index is 590. The minimum absolute atomic E-state index is 0.374. The smallest absolute Gasteiger partial charge is 0.469 e. The number of nitrogens with zero attached hydrogens (tertiary/aromatic N) is 2. The van der Waals surface area contributed by atoms with Gasteiger partial charge in [-0.3, -0.25) is 4.79 Å². The summed E-state index contributed by atoms with van der Waals surface area (Å²) in [5, 5.41) is 10.7. The standard InChI is InChI=1S/C10H7F5N2O5/c1-21-6(18)3-4-2-5(22-10(13,14)15)7(8(11)12)9(16-4)17(19)20/h2,8H,3H2,1H3. The second kappa shape index (κ2) is 6.49. The number of hydrogen-bond acceptors (Lipinski definition) is 6. The number of carbonyl (C=O) groups excluding carboxylic acids is 1. The zero-order valence-corrected chi connectivity index (χ0v) is 10.7. The summed E-state index contributed by atoms with van der Waals surface area (Å²) in [4.78, 5) is 23.5. The van der Waals surface area contributed by atoms with Gasteiger partial charge >= 0.3 is 18.1 Å². The van der Waals surface area contributed by atoms with E-state index in [9.17, 15) is 36.9 Å². The van der Waals surface area contributed by atoms with Crippen LogP contribution in [-0.4, -0.2) is 29.3 Å². The average Bonchev–Trinajstić information content (AvgIpc) is 2.35. The highest BCUT2D eigenvalue weighted by molar-refractivity contribution is 5.72. The fourth-order valence-corrected chi connectivity index (χ4v) is 1.43. The molecule has 0 bridgehead atoms. The van der Waals surface area contributed by atoms with Crippen molar-refractivity contribution in [3.8, 4) is 5.75 Å². The molecule has 12 heteroatoms. The fourth-order valence-electron chi connectivity index (χ4n) is 1.43. The van der Waals surface area contributed by atoms with Gasteiger partial charge < -0.3 is 19.6 Å². The van der Waals surface area contributed by atoms with Gasteiger partial charge in [-0.25, -0.2) is 8.78 Å². The van der Waals surface area contributed by atoms with Crippen LogP contribution in [0.2, 0.25) is 0 Å². The van der Waals surface area contributed by atoms with Crippen LogP contribution in [0, 0.1) is 10.1 Å². The summed E-state index contributed by atoms with van der Waals surface area (Å²) in [6.07, 6.45) is -9.76. The molecule has 0 aliphatic heterocycles. The van der Waals surface area contributed by atoms with Crippen LogP contribution >= 0.6 is 0 Å². The van der Waals surface area contributed by atoms with Crippen LogP contribution in [0.1, 0.15) is 17.7 Å². The number of halogens is 5. The molecule has 22 heavy (non-hydrogen) atoms. The molecule has 0 saturated heterocycles. The van der Waals surface area contributed by atoms with E-state index in [1.807, 2.05) is 0 Å². The van der Waals surface area contributed by atoms with Crippen molar-refractivity contribution in [3.05, 3.63) is 27.4 Å². The molecular formula is C10H7F5N2O5. The predicted molar refractivity (Wildman–Crippen MR) is 58.3 cm³/mol. The summed E-state index contributed by atoms with van der Waals surface area (Å²) in [6.45, 7) is 0. The Kier molecular flexibility index (Phi) is 5.17. The molecule has 0 spiro atoms. The Labute approximate surface area is 118 Å². The second-order valence-electron chi connectivity index (χ2n) is 3.71. The maximum atomic E-state index is 12.8. The van der Waals surface area contributed by atoms with E-state index in [1.54, 1.807) is 0 Å². The third kappa shape index (κ3) is 4.49. The zero-order valence-electron chi connectivity index (χ0n) is 10.7. The average molecular weight is 330 g/mol. The first-order valence-corrected chi connectivity index (χ1v) is 5.34. The Morgan fingerprint density at radius 1 is 1.45 bits per heavy atom. The second-order valence-corrected chi connectivity index (χ2v) is 3.71. The number of carbonyl (C=O) groups is 1. The van der Waals surface area contributed by atoms with Crippen LogP contribution in [0.5, 0.6) is 5.75 Å². The number of alkyl halides is 5. The molecule has 0 amide bonds. The van der Waals surface area contributed by atoms with E-state index in [4.69, 9.17) is 0 Å². The van der Waals surface area contributed by atoms with Crippen molar-refractivity contribution < 1.29 is 41.1 Å². The van der Waals surface area contributed by atoms with Gasteiger partial charge in [-0.2, -0.15) is 0 Å². The first kappa shape index (κ1) is 17.5. The largest absolute Gasteiger partial charge is 0.573 e. The molecule has 0 aromatic carbocycles. The van der Waals surface area contributed by atoms with Crippen molar-refractivity contribution >= 4 is 11.8 Å². The van der Waals surface area contributed by atoms with Crippen molar-refractivity contribution in [1.29, 1.82) is 0 Å². The van der Waals surface area contributed by atoms with Gasteiger partial charge in [0.2, 0.25) is 0 Å². The molecule has 0 fully saturated rings. The summed E-state index contributed by atoms with van der Waals surface area (Å²) in [5.74, 6) is -4.01. The minimum atomic E-state index is -5.36. The Morgan fingerprint density at radius 2 is 2.05 bits per heavy atom. The van der Waals surface area contributed by atoms with Crippen molar-refractivity contribution in [2.45, 2.75) is 19.2 Å². The van der Waals surface area contributed by atoms with Crippen molar-refractivity contribution in [2.24, 2.45) is 0 Å². The third-order valence-electron chi connectivity index (χ3n) is 2.22. The molecule has 1 heterocycles. The number of hydrogen-bond donors (Lipinski definition) is 0. The molecule has 0 unspecified atom stereocenters. The number of methoxy groups -OCH3 is 1. The van der Waals surface area contributed by atoms with Gasteiger partial charge in [0.1, 0.15) is 6.42 Å². The van der Waals surface area contributed by atoms with E-state index in [2.05, 4.69) is 14.5 Å². The van der Waals surface area contributed by atoms with Crippen molar-refractivity contribution in [1.82, 2.24) is 4.98 Å². The molecule has 0 aliphatic carbocycles. The molecule has 0 radical (unpaired) electrons. The van der Waals surface area contributed by atoms with Crippen LogP contribution in [0.3, 0.4) is 0 Å². The molecular weight excluding hydrogens is 323 g/mol. The Morgan fingerprint density at radius 3 is 2.45 bits per heavy atom. The Hall–Kier alpha value is -2.53. The summed E-state index contributed by atoms with van der Waals surface area (Å²) in [6, 6.07) is 0.374. The van der Waals surface area contributed by atoms with E-state index in [-0.39, 0.29) is 0 Å². The molecule has 7 nitrogen and oxygen atoms in total. The summed E-state index contributed by atoms with van der Waals surface area (Å²) >= 11 is 0. The highest BCUT2D eigenvalue weighted by Gasteiger charge is 2.38. The van der Waals surface area contributed by atoms with Gasteiger partial charge in [0, 0.05) is 6.07 Å². The molecule has 1 aromatic heterocycles. The first-order chi connectivity index (χ1) is 10.0. The predicted octanol–water partition coefficient (Wildman–Crippen LogP) is 2.54. The van der Waals surface area contributed by atoms with E-state index in [0.29, 0.717) is 6.07 Å². The maximum absolute atomic E-state index is 12.8. The SMILES string of the molecule is COC(=O)Cc1cc(OC(F)(F)F)c(C(F)F)c([N+](=O)[O-])n1. The molecule has 0 atom stereocenters.